The standard InChI is InChI=1S/C75H141N2O7P/c1-7-10-13-16-19-22-25-28-30-32-34-35-36-37-38-39-40-41-43-45-47-50-53-56-59-62-65-68-75(79)84-73(66-63-60-57-54-51-48-27-24-21-18-15-12-9-3)72(71-83-85(80,81)82-70-69-77(4,5)6)76-74(78)67-64-61-58-55-52-49-46-44-42-33-31-29-26-23-20-17-14-11-8-2/h19-20,22-23,28-31,63,66,72-73H,7-18,21,24-27,32-62,64-65,67-71H2,1-6H3,(H-,76,78,80,81)/p+1/b22-19-,23-20-,30-28-,31-29-,66-63-. The molecule has 0 saturated heterocycles. The van der Waals surface area contributed by atoms with E-state index in [-0.39, 0.29) is 25.1 Å². The molecule has 0 heterocycles. The topological polar surface area (TPSA) is 111 Å². The maximum atomic E-state index is 13.6. The van der Waals surface area contributed by atoms with E-state index in [0.29, 0.717) is 23.9 Å². The van der Waals surface area contributed by atoms with Gasteiger partial charge in [0.25, 0.3) is 0 Å². The third-order valence-corrected chi connectivity index (χ3v) is 17.4. The molecule has 9 nitrogen and oxygen atoms in total. The molecule has 0 aliphatic carbocycles. The van der Waals surface area contributed by atoms with Crippen LogP contribution in [0.4, 0.5) is 0 Å². The van der Waals surface area contributed by atoms with E-state index in [1.54, 1.807) is 0 Å². The monoisotopic (exact) mass is 1210 g/mol. The van der Waals surface area contributed by atoms with Gasteiger partial charge in [0.2, 0.25) is 5.91 Å². The fourth-order valence-electron chi connectivity index (χ4n) is 10.8. The molecule has 1 amide bonds. The number of rotatable bonds is 67. The molecule has 498 valence electrons. The number of likely N-dealkylation sites (N-methyl/N-ethyl adjacent to an activating group) is 1. The molecule has 0 aliphatic heterocycles. The number of ether oxygens (including phenoxy) is 1. The first-order chi connectivity index (χ1) is 41.4. The molecule has 3 atom stereocenters. The van der Waals surface area contributed by atoms with Gasteiger partial charge in [-0.2, -0.15) is 0 Å². The van der Waals surface area contributed by atoms with Gasteiger partial charge < -0.3 is 19.4 Å². The average molecular weight is 1210 g/mol. The molecule has 0 spiro atoms. The summed E-state index contributed by atoms with van der Waals surface area (Å²) < 4.78 is 30.9. The normalized spacial score (nSPS) is 13.8. The zero-order chi connectivity index (χ0) is 62.1. The molecule has 3 unspecified atom stereocenters. The van der Waals surface area contributed by atoms with Crippen molar-refractivity contribution in [3.05, 3.63) is 60.8 Å². The Morgan fingerprint density at radius 1 is 0.412 bits per heavy atom. The molecule has 0 aromatic carbocycles. The van der Waals surface area contributed by atoms with Crippen molar-refractivity contribution in [1.29, 1.82) is 0 Å². The predicted molar refractivity (Wildman–Crippen MR) is 369 cm³/mol. The van der Waals surface area contributed by atoms with Crippen molar-refractivity contribution in [1.82, 2.24) is 5.32 Å². The number of nitrogens with one attached hydrogen (secondary N) is 1. The number of carbonyl (C=O) groups is 2. The van der Waals surface area contributed by atoms with Crippen LogP contribution >= 0.6 is 7.82 Å². The molecule has 0 rings (SSSR count). The zero-order valence-corrected chi connectivity index (χ0v) is 58.0. The van der Waals surface area contributed by atoms with Gasteiger partial charge in [0.05, 0.1) is 33.8 Å². The number of hydrogen-bond acceptors (Lipinski definition) is 6. The number of phosphoric ester groups is 1. The van der Waals surface area contributed by atoms with Crippen molar-refractivity contribution in [3.63, 3.8) is 0 Å². The molecule has 0 aromatic heterocycles. The molecule has 0 radical (unpaired) electrons. The predicted octanol–water partition coefficient (Wildman–Crippen LogP) is 23.3. The number of unbranched alkanes of at least 4 members (excludes halogenated alkanes) is 43. The smallest absolute Gasteiger partial charge is 0.456 e. The second-order valence-corrected chi connectivity index (χ2v) is 27.6. The average Bonchev–Trinajstić information content (AvgIpc) is 3.50. The Morgan fingerprint density at radius 3 is 1.08 bits per heavy atom. The van der Waals surface area contributed by atoms with E-state index in [1.807, 2.05) is 33.3 Å². The summed E-state index contributed by atoms with van der Waals surface area (Å²) in [4.78, 5) is 37.9. The van der Waals surface area contributed by atoms with E-state index in [4.69, 9.17) is 13.8 Å². The maximum absolute atomic E-state index is 13.6. The van der Waals surface area contributed by atoms with Crippen LogP contribution in [-0.2, 0) is 27.9 Å². The first-order valence-electron chi connectivity index (χ1n) is 36.6. The lowest BCUT2D eigenvalue weighted by Crippen LogP contribution is -2.47. The van der Waals surface area contributed by atoms with Crippen molar-refractivity contribution in [2.45, 2.75) is 367 Å². The zero-order valence-electron chi connectivity index (χ0n) is 57.1. The third kappa shape index (κ3) is 66.0. The van der Waals surface area contributed by atoms with Crippen LogP contribution in [-0.4, -0.2) is 74.3 Å². The summed E-state index contributed by atoms with van der Waals surface area (Å²) >= 11 is 0. The van der Waals surface area contributed by atoms with Gasteiger partial charge in [-0.3, -0.25) is 18.6 Å². The molecule has 0 aliphatic rings. The summed E-state index contributed by atoms with van der Waals surface area (Å²) in [6, 6.07) is -0.851. The summed E-state index contributed by atoms with van der Waals surface area (Å²) in [7, 11) is 1.50. The van der Waals surface area contributed by atoms with Crippen molar-refractivity contribution < 1.29 is 37.3 Å². The Balaban J connectivity index is 5.02. The van der Waals surface area contributed by atoms with Crippen LogP contribution < -0.4 is 5.32 Å². The number of carbonyl (C=O) groups excluding carboxylic acids is 2. The molecule has 85 heavy (non-hydrogen) atoms. The first-order valence-corrected chi connectivity index (χ1v) is 38.1. The second kappa shape index (κ2) is 64.7. The number of amides is 1. The summed E-state index contributed by atoms with van der Waals surface area (Å²) in [6.07, 6.45) is 83.8. The van der Waals surface area contributed by atoms with Gasteiger partial charge in [0.1, 0.15) is 19.3 Å². The molecule has 0 fully saturated rings. The van der Waals surface area contributed by atoms with E-state index < -0.39 is 20.0 Å². The van der Waals surface area contributed by atoms with E-state index in [9.17, 15) is 19.0 Å². The van der Waals surface area contributed by atoms with Crippen LogP contribution in [0.5, 0.6) is 0 Å². The van der Waals surface area contributed by atoms with Crippen LogP contribution in [0, 0.1) is 0 Å². The molecular weight excluding hydrogens is 1070 g/mol. The summed E-state index contributed by atoms with van der Waals surface area (Å²) in [5, 5.41) is 3.07. The van der Waals surface area contributed by atoms with E-state index in [0.717, 1.165) is 70.6 Å². The summed E-state index contributed by atoms with van der Waals surface area (Å²) in [5.74, 6) is -0.495. The minimum atomic E-state index is -4.46. The lowest BCUT2D eigenvalue weighted by molar-refractivity contribution is -0.870. The van der Waals surface area contributed by atoms with Crippen molar-refractivity contribution in [2.75, 3.05) is 40.9 Å². The fourth-order valence-corrected chi connectivity index (χ4v) is 11.5. The SMILES string of the molecule is CCCCC/C=C\C/C=C\CCCCCCCCCCCCCCCCCCCC(=O)OC(/C=C\CCCCCCCCCCCCC)C(COP(=O)(O)OCC[N+](C)(C)C)NC(=O)CCCCCCCCCCC/C=C\C/C=C\CCCCC. The minimum absolute atomic E-state index is 0.0400. The highest BCUT2D eigenvalue weighted by Crippen LogP contribution is 2.43. The van der Waals surface area contributed by atoms with Crippen LogP contribution in [0.1, 0.15) is 355 Å². The van der Waals surface area contributed by atoms with Crippen LogP contribution in [0.25, 0.3) is 0 Å². The highest BCUT2D eigenvalue weighted by Gasteiger charge is 2.30. The van der Waals surface area contributed by atoms with Crippen LogP contribution in [0.2, 0.25) is 0 Å². The van der Waals surface area contributed by atoms with Crippen LogP contribution in [0.3, 0.4) is 0 Å². The molecule has 10 heteroatoms. The first kappa shape index (κ1) is 82.7. The Kier molecular flexibility index (Phi) is 62.9. The third-order valence-electron chi connectivity index (χ3n) is 16.4. The number of phosphoric acid groups is 1. The van der Waals surface area contributed by atoms with Gasteiger partial charge in [0, 0.05) is 12.8 Å². The fraction of sp³-hybridized carbons (Fsp3) is 0.840. The van der Waals surface area contributed by atoms with E-state index >= 15 is 0 Å². The quantitative estimate of drug-likeness (QED) is 0.0205. The lowest BCUT2D eigenvalue weighted by Gasteiger charge is -2.27. The second-order valence-electron chi connectivity index (χ2n) is 26.1. The molecule has 0 bridgehead atoms. The highest BCUT2D eigenvalue weighted by atomic mass is 31.2. The lowest BCUT2D eigenvalue weighted by atomic mass is 10.0. The van der Waals surface area contributed by atoms with E-state index in [1.165, 1.54) is 250 Å². The Bertz CT molecular complexity index is 1640. The molecular formula is C75H142N2O7P+. The summed E-state index contributed by atoms with van der Waals surface area (Å²) in [5.41, 5.74) is 0. The largest absolute Gasteiger partial charge is 0.472 e. The van der Waals surface area contributed by atoms with E-state index in [2.05, 4.69) is 74.7 Å². The maximum Gasteiger partial charge on any atom is 0.472 e. The number of esters is 1. The summed E-state index contributed by atoms with van der Waals surface area (Å²) in [6.45, 7) is 7.01. The Labute approximate surface area is 528 Å². The highest BCUT2D eigenvalue weighted by molar-refractivity contribution is 7.47. The van der Waals surface area contributed by atoms with Gasteiger partial charge >= 0.3 is 13.8 Å². The van der Waals surface area contributed by atoms with Crippen molar-refractivity contribution in [2.24, 2.45) is 0 Å². The minimum Gasteiger partial charge on any atom is -0.456 e. The van der Waals surface area contributed by atoms with Crippen molar-refractivity contribution in [3.8, 4) is 0 Å². The number of quaternary nitrogens is 1. The van der Waals surface area contributed by atoms with Crippen LogP contribution in [0.15, 0.2) is 60.8 Å². The number of allylic oxidation sites excluding steroid dienone is 9. The van der Waals surface area contributed by atoms with Gasteiger partial charge in [-0.05, 0) is 96.0 Å². The molecule has 2 N–H and O–H groups in total. The Morgan fingerprint density at radius 2 is 0.718 bits per heavy atom. The number of hydrogen-bond donors (Lipinski definition) is 2. The van der Waals surface area contributed by atoms with Gasteiger partial charge in [-0.25, -0.2) is 4.57 Å². The van der Waals surface area contributed by atoms with Gasteiger partial charge in [-0.15, -0.1) is 0 Å². The van der Waals surface area contributed by atoms with Gasteiger partial charge in [-0.1, -0.05) is 307 Å². The Hall–Kier alpha value is -2.29. The molecule has 0 aromatic rings. The number of nitrogens with zero attached hydrogens (tertiary/aromatic N) is 1. The van der Waals surface area contributed by atoms with Crippen molar-refractivity contribution >= 4 is 19.7 Å². The van der Waals surface area contributed by atoms with Gasteiger partial charge in [0.15, 0.2) is 0 Å². The molecule has 0 saturated carbocycles.